The predicted molar refractivity (Wildman–Crippen MR) is 267 cm³/mol. The normalized spacial score (nSPS) is 12.4. The van der Waals surface area contributed by atoms with E-state index in [9.17, 15) is 10.5 Å². The standard InChI is InChI=1S/C60H37N5/c61-36-43-31-45(35-59(52(43)37-62)65-55-27-24-41(38-13-3-1-4-14-38)32-49(55)50-33-42(25-28-56(50)65)39-15-5-2-6-16-39)64-57-30-26-44(34-51(57)60-46-18-8-7-17-40(46)23-29-58(60)64)63-53-21-11-9-19-47(53)48-20-10-12-22-54(48)63/h1-7,9-17,19-35H,8,18H2. The number of nitrogens with zero attached hydrogens (tertiary/aromatic N) is 5. The third-order valence-electron chi connectivity index (χ3n) is 13.6. The molecule has 9 aromatic carbocycles. The maximum absolute atomic E-state index is 11.0. The molecule has 65 heavy (non-hydrogen) atoms. The molecule has 3 heterocycles. The topological polar surface area (TPSA) is 62.4 Å². The number of hydrogen-bond acceptors (Lipinski definition) is 2. The quantitative estimate of drug-likeness (QED) is 0.173. The van der Waals surface area contributed by atoms with Crippen molar-refractivity contribution < 1.29 is 0 Å². The third kappa shape index (κ3) is 5.50. The van der Waals surface area contributed by atoms with Crippen LogP contribution in [0.1, 0.15) is 28.7 Å². The van der Waals surface area contributed by atoms with Crippen LogP contribution < -0.4 is 0 Å². The van der Waals surface area contributed by atoms with Gasteiger partial charge < -0.3 is 13.7 Å². The fraction of sp³-hybridized carbons (Fsp3) is 0.0333. The van der Waals surface area contributed by atoms with Gasteiger partial charge in [-0.1, -0.05) is 127 Å². The Bertz CT molecular complexity index is 3920. The van der Waals surface area contributed by atoms with Crippen LogP contribution in [0.2, 0.25) is 0 Å². The summed E-state index contributed by atoms with van der Waals surface area (Å²) in [6, 6.07) is 71.5. The molecule has 0 bridgehead atoms. The van der Waals surface area contributed by atoms with Crippen LogP contribution in [0.15, 0.2) is 194 Å². The average molecular weight is 828 g/mol. The molecule has 0 fully saturated rings. The van der Waals surface area contributed by atoms with Crippen molar-refractivity contribution in [3.8, 4) is 51.5 Å². The molecule has 1 aliphatic rings. The van der Waals surface area contributed by atoms with Gasteiger partial charge >= 0.3 is 0 Å². The number of nitriles is 2. The van der Waals surface area contributed by atoms with Gasteiger partial charge in [0.1, 0.15) is 12.1 Å². The van der Waals surface area contributed by atoms with Crippen molar-refractivity contribution in [3.05, 3.63) is 216 Å². The van der Waals surface area contributed by atoms with E-state index in [0.717, 1.165) is 95.7 Å². The zero-order valence-electron chi connectivity index (χ0n) is 35.2. The first kappa shape index (κ1) is 36.7. The van der Waals surface area contributed by atoms with Crippen LogP contribution in [0.3, 0.4) is 0 Å². The molecule has 13 rings (SSSR count). The predicted octanol–water partition coefficient (Wildman–Crippen LogP) is 15.0. The van der Waals surface area contributed by atoms with Gasteiger partial charge in [0.2, 0.25) is 0 Å². The lowest BCUT2D eigenvalue weighted by molar-refractivity contribution is 0.997. The number of benzene rings is 9. The second kappa shape index (κ2) is 14.3. The Morgan fingerprint density at radius 1 is 0.400 bits per heavy atom. The molecular formula is C60H37N5. The van der Waals surface area contributed by atoms with E-state index in [0.29, 0.717) is 16.8 Å². The van der Waals surface area contributed by atoms with E-state index in [-0.39, 0.29) is 0 Å². The number of aryl methyl sites for hydroxylation is 1. The van der Waals surface area contributed by atoms with E-state index in [2.05, 4.69) is 208 Å². The van der Waals surface area contributed by atoms with Crippen molar-refractivity contribution in [2.24, 2.45) is 0 Å². The van der Waals surface area contributed by atoms with Crippen LogP contribution >= 0.6 is 0 Å². The zero-order valence-corrected chi connectivity index (χ0v) is 35.2. The highest BCUT2D eigenvalue weighted by atomic mass is 15.0. The molecule has 0 saturated heterocycles. The molecule has 0 unspecified atom stereocenters. The van der Waals surface area contributed by atoms with Crippen molar-refractivity contribution in [2.75, 3.05) is 0 Å². The number of para-hydroxylation sites is 2. The Hall–Kier alpha value is -8.90. The van der Waals surface area contributed by atoms with Gasteiger partial charge in [0.25, 0.3) is 0 Å². The molecule has 0 saturated carbocycles. The van der Waals surface area contributed by atoms with E-state index in [1.807, 2.05) is 18.2 Å². The van der Waals surface area contributed by atoms with Crippen LogP contribution in [-0.2, 0) is 6.42 Å². The molecule has 12 aromatic rings. The minimum absolute atomic E-state index is 0.328. The van der Waals surface area contributed by atoms with Crippen molar-refractivity contribution in [1.82, 2.24) is 13.7 Å². The highest BCUT2D eigenvalue weighted by Gasteiger charge is 2.24. The van der Waals surface area contributed by atoms with Gasteiger partial charge in [-0.25, -0.2) is 0 Å². The van der Waals surface area contributed by atoms with Crippen LogP contribution in [0.4, 0.5) is 0 Å². The summed E-state index contributed by atoms with van der Waals surface area (Å²) in [5, 5.41) is 28.9. The van der Waals surface area contributed by atoms with Gasteiger partial charge in [-0.05, 0) is 119 Å². The SMILES string of the molecule is N#Cc1cc(-n2c3ccc(-n4c5ccccc5c5ccccc54)cc3c3c4c(ccc32)C=CCC4)cc(-n2c3ccc(-c4ccccc4)cc3c3cc(-c4ccccc4)ccc32)c1C#N. The fourth-order valence-electron chi connectivity index (χ4n) is 10.7. The van der Waals surface area contributed by atoms with E-state index in [1.165, 1.54) is 27.3 Å². The molecule has 0 spiro atoms. The lowest BCUT2D eigenvalue weighted by Gasteiger charge is -2.16. The third-order valence-corrected chi connectivity index (χ3v) is 13.6. The van der Waals surface area contributed by atoms with Gasteiger partial charge in [0.05, 0.1) is 49.9 Å². The summed E-state index contributed by atoms with van der Waals surface area (Å²) in [6.45, 7) is 0. The van der Waals surface area contributed by atoms with E-state index < -0.39 is 0 Å². The number of fused-ring (bicyclic) bond motifs is 11. The molecule has 302 valence electrons. The summed E-state index contributed by atoms with van der Waals surface area (Å²) in [7, 11) is 0. The number of aromatic nitrogens is 3. The summed E-state index contributed by atoms with van der Waals surface area (Å²) < 4.78 is 6.88. The number of allylic oxidation sites excluding steroid dienone is 1. The Kier molecular flexibility index (Phi) is 8.09. The van der Waals surface area contributed by atoms with E-state index in [4.69, 9.17) is 0 Å². The molecule has 0 amide bonds. The van der Waals surface area contributed by atoms with E-state index >= 15 is 0 Å². The first-order chi connectivity index (χ1) is 32.2. The van der Waals surface area contributed by atoms with E-state index in [1.54, 1.807) is 0 Å². The summed E-state index contributed by atoms with van der Waals surface area (Å²) in [5.41, 5.74) is 16.6. The van der Waals surface area contributed by atoms with Crippen molar-refractivity contribution in [3.63, 3.8) is 0 Å². The lowest BCUT2D eigenvalue weighted by atomic mass is 9.93. The monoisotopic (exact) mass is 827 g/mol. The molecule has 5 heteroatoms. The van der Waals surface area contributed by atoms with Gasteiger partial charge in [-0.3, -0.25) is 0 Å². The molecule has 5 nitrogen and oxygen atoms in total. The maximum atomic E-state index is 11.0. The smallest absolute Gasteiger partial charge is 0.103 e. The Balaban J connectivity index is 1.10. The molecule has 3 aromatic heterocycles. The molecule has 0 atom stereocenters. The Morgan fingerprint density at radius 3 is 1.58 bits per heavy atom. The van der Waals surface area contributed by atoms with Gasteiger partial charge in [0, 0.05) is 43.7 Å². The van der Waals surface area contributed by atoms with Gasteiger partial charge in [0.15, 0.2) is 0 Å². The average Bonchev–Trinajstić information content (AvgIpc) is 4.01. The maximum Gasteiger partial charge on any atom is 0.103 e. The first-order valence-electron chi connectivity index (χ1n) is 22.1. The van der Waals surface area contributed by atoms with Crippen molar-refractivity contribution >= 4 is 71.5 Å². The summed E-state index contributed by atoms with van der Waals surface area (Å²) >= 11 is 0. The minimum atomic E-state index is 0.328. The van der Waals surface area contributed by atoms with Crippen LogP contribution in [0, 0.1) is 22.7 Å². The lowest BCUT2D eigenvalue weighted by Crippen LogP contribution is -2.04. The molecule has 0 radical (unpaired) electrons. The highest BCUT2D eigenvalue weighted by Crippen LogP contribution is 2.43. The second-order valence-electron chi connectivity index (χ2n) is 17.0. The highest BCUT2D eigenvalue weighted by molar-refractivity contribution is 6.15. The van der Waals surface area contributed by atoms with Crippen molar-refractivity contribution in [1.29, 1.82) is 10.5 Å². The summed E-state index contributed by atoms with van der Waals surface area (Å²) in [4.78, 5) is 0. The number of hydrogen-bond donors (Lipinski definition) is 0. The summed E-state index contributed by atoms with van der Waals surface area (Å²) in [6.07, 6.45) is 6.42. The number of rotatable bonds is 5. The largest absolute Gasteiger partial charge is 0.309 e. The molecule has 1 aliphatic carbocycles. The second-order valence-corrected chi connectivity index (χ2v) is 17.0. The summed E-state index contributed by atoms with van der Waals surface area (Å²) in [5.74, 6) is 0. The Labute approximate surface area is 374 Å². The first-order valence-corrected chi connectivity index (χ1v) is 22.1. The van der Waals surface area contributed by atoms with Crippen LogP contribution in [0.25, 0.3) is 111 Å². The molecular weight excluding hydrogens is 791 g/mol. The minimum Gasteiger partial charge on any atom is -0.309 e. The van der Waals surface area contributed by atoms with Crippen molar-refractivity contribution in [2.45, 2.75) is 12.8 Å². The molecule has 0 N–H and O–H groups in total. The van der Waals surface area contributed by atoms with Crippen LogP contribution in [-0.4, -0.2) is 13.7 Å². The fourth-order valence-corrected chi connectivity index (χ4v) is 10.7. The van der Waals surface area contributed by atoms with Crippen LogP contribution in [0.5, 0.6) is 0 Å². The van der Waals surface area contributed by atoms with Gasteiger partial charge in [-0.15, -0.1) is 0 Å². The molecule has 0 aliphatic heterocycles. The Morgan fingerprint density at radius 2 is 0.954 bits per heavy atom. The zero-order chi connectivity index (χ0) is 43.2. The van der Waals surface area contributed by atoms with Gasteiger partial charge in [-0.2, -0.15) is 10.5 Å².